The number of hydrogen-bond donors (Lipinski definition) is 1. The summed E-state index contributed by atoms with van der Waals surface area (Å²) in [5.41, 5.74) is 2.32. The summed E-state index contributed by atoms with van der Waals surface area (Å²) in [6, 6.07) is 8.47. The van der Waals surface area contributed by atoms with Gasteiger partial charge in [-0.25, -0.2) is 0 Å². The largest absolute Gasteiger partial charge is 0.379 e. The third-order valence-corrected chi connectivity index (χ3v) is 4.57. The van der Waals surface area contributed by atoms with E-state index in [1.807, 2.05) is 0 Å². The fraction of sp³-hybridized carbons (Fsp3) is 0.611. The number of carbonyl (C=O) groups is 1. The maximum Gasteiger partial charge on any atom is 0.226 e. The predicted molar refractivity (Wildman–Crippen MR) is 84.6 cm³/mol. The maximum atomic E-state index is 12.7. The summed E-state index contributed by atoms with van der Waals surface area (Å²) in [7, 11) is 0. The Kier molecular flexibility index (Phi) is 5.11. The molecule has 0 spiro atoms. The monoisotopic (exact) mass is 303 g/mol. The molecule has 2 aliphatic rings. The van der Waals surface area contributed by atoms with E-state index in [1.54, 1.807) is 0 Å². The lowest BCUT2D eigenvalue weighted by Crippen LogP contribution is -2.45. The second-order valence-corrected chi connectivity index (χ2v) is 6.37. The van der Waals surface area contributed by atoms with E-state index in [2.05, 4.69) is 36.5 Å². The van der Waals surface area contributed by atoms with E-state index in [0.717, 1.165) is 44.5 Å². The molecule has 1 aromatic carbocycles. The van der Waals surface area contributed by atoms with Gasteiger partial charge in [0.05, 0.1) is 24.7 Å². The smallest absolute Gasteiger partial charge is 0.226 e. The third-order valence-electron chi connectivity index (χ3n) is 4.57. The summed E-state index contributed by atoms with van der Waals surface area (Å²) in [4.78, 5) is 12.7. The average molecular weight is 303 g/mol. The molecule has 1 N–H and O–H groups in total. The van der Waals surface area contributed by atoms with Gasteiger partial charge in [0.2, 0.25) is 5.91 Å². The molecule has 3 atom stereocenters. The molecule has 2 saturated heterocycles. The molecule has 0 aromatic heterocycles. The van der Waals surface area contributed by atoms with Gasteiger partial charge in [0, 0.05) is 13.2 Å². The van der Waals surface area contributed by atoms with Gasteiger partial charge in [-0.2, -0.15) is 0 Å². The van der Waals surface area contributed by atoms with Crippen LogP contribution in [0.25, 0.3) is 0 Å². The molecule has 3 rings (SSSR count). The zero-order chi connectivity index (χ0) is 15.4. The van der Waals surface area contributed by atoms with Crippen molar-refractivity contribution in [3.05, 3.63) is 35.4 Å². The molecule has 4 heteroatoms. The Morgan fingerprint density at radius 2 is 1.91 bits per heavy atom. The van der Waals surface area contributed by atoms with Crippen LogP contribution in [0.5, 0.6) is 0 Å². The number of rotatable bonds is 3. The SMILES string of the molecule is Cc1ccc([C@@H]2OCCC[C@H]2C(=O)N[C@@H]2CCCOC2)cc1. The van der Waals surface area contributed by atoms with Gasteiger partial charge in [-0.15, -0.1) is 0 Å². The van der Waals surface area contributed by atoms with Crippen LogP contribution < -0.4 is 5.32 Å². The Hall–Kier alpha value is -1.39. The first-order valence-corrected chi connectivity index (χ1v) is 8.30. The van der Waals surface area contributed by atoms with E-state index in [9.17, 15) is 4.79 Å². The van der Waals surface area contributed by atoms with Crippen LogP contribution in [0.3, 0.4) is 0 Å². The lowest BCUT2D eigenvalue weighted by molar-refractivity contribution is -0.136. The minimum atomic E-state index is -0.126. The molecule has 2 aliphatic heterocycles. The lowest BCUT2D eigenvalue weighted by Gasteiger charge is -2.33. The van der Waals surface area contributed by atoms with Gasteiger partial charge in [0.1, 0.15) is 0 Å². The molecule has 0 unspecified atom stereocenters. The molecule has 2 fully saturated rings. The molecule has 22 heavy (non-hydrogen) atoms. The summed E-state index contributed by atoms with van der Waals surface area (Å²) in [6.45, 7) is 4.24. The fourth-order valence-corrected chi connectivity index (χ4v) is 3.30. The molecule has 1 amide bonds. The standard InChI is InChI=1S/C18H25NO3/c1-13-6-8-14(9-7-13)17-16(5-3-11-22-17)18(20)19-15-4-2-10-21-12-15/h6-9,15-17H,2-5,10-12H2,1H3,(H,19,20)/t15-,16-,17+/m1/s1. The van der Waals surface area contributed by atoms with Crippen LogP contribution in [0.15, 0.2) is 24.3 Å². The van der Waals surface area contributed by atoms with Gasteiger partial charge < -0.3 is 14.8 Å². The maximum absolute atomic E-state index is 12.7. The first-order valence-electron chi connectivity index (χ1n) is 8.30. The van der Waals surface area contributed by atoms with Crippen LogP contribution in [0.4, 0.5) is 0 Å². The molecule has 1 aromatic rings. The first kappa shape index (κ1) is 15.5. The minimum absolute atomic E-state index is 0.0987. The van der Waals surface area contributed by atoms with Gasteiger partial charge in [-0.3, -0.25) is 4.79 Å². The van der Waals surface area contributed by atoms with Crippen molar-refractivity contribution in [1.29, 1.82) is 0 Å². The average Bonchev–Trinajstić information content (AvgIpc) is 2.56. The normalized spacial score (nSPS) is 29.0. The molecular weight excluding hydrogens is 278 g/mol. The Morgan fingerprint density at radius 1 is 1.14 bits per heavy atom. The number of carbonyl (C=O) groups excluding carboxylic acids is 1. The fourth-order valence-electron chi connectivity index (χ4n) is 3.30. The first-order chi connectivity index (χ1) is 10.7. The van der Waals surface area contributed by atoms with Crippen molar-refractivity contribution in [2.24, 2.45) is 5.92 Å². The van der Waals surface area contributed by atoms with Crippen molar-refractivity contribution in [1.82, 2.24) is 5.32 Å². The Balaban J connectivity index is 1.68. The van der Waals surface area contributed by atoms with Crippen LogP contribution in [-0.4, -0.2) is 31.8 Å². The van der Waals surface area contributed by atoms with Crippen molar-refractivity contribution >= 4 is 5.91 Å². The number of hydrogen-bond acceptors (Lipinski definition) is 3. The number of benzene rings is 1. The highest BCUT2D eigenvalue weighted by Crippen LogP contribution is 2.34. The number of amides is 1. The van der Waals surface area contributed by atoms with Crippen molar-refractivity contribution < 1.29 is 14.3 Å². The van der Waals surface area contributed by atoms with Gasteiger partial charge in [0.25, 0.3) is 0 Å². The summed E-state index contributed by atoms with van der Waals surface area (Å²) in [5.74, 6) is 0.0131. The molecule has 120 valence electrons. The number of aryl methyl sites for hydroxylation is 1. The molecule has 0 bridgehead atoms. The van der Waals surface area contributed by atoms with E-state index in [1.165, 1.54) is 5.56 Å². The lowest BCUT2D eigenvalue weighted by atomic mass is 9.88. The summed E-state index contributed by atoms with van der Waals surface area (Å²) in [5, 5.41) is 3.16. The quantitative estimate of drug-likeness (QED) is 0.934. The third kappa shape index (κ3) is 3.68. The van der Waals surface area contributed by atoms with Gasteiger partial charge in [-0.05, 0) is 38.2 Å². The number of nitrogens with one attached hydrogen (secondary N) is 1. The zero-order valence-corrected chi connectivity index (χ0v) is 13.2. The summed E-state index contributed by atoms with van der Waals surface area (Å²) in [6.07, 6.45) is 3.74. The molecule has 0 saturated carbocycles. The molecule has 4 nitrogen and oxygen atoms in total. The highest BCUT2D eigenvalue weighted by atomic mass is 16.5. The predicted octanol–water partition coefficient (Wildman–Crippen LogP) is 2.76. The van der Waals surface area contributed by atoms with Crippen LogP contribution in [0.1, 0.15) is 42.9 Å². The van der Waals surface area contributed by atoms with Crippen LogP contribution in [-0.2, 0) is 14.3 Å². The van der Waals surface area contributed by atoms with Gasteiger partial charge in [0.15, 0.2) is 0 Å². The highest BCUT2D eigenvalue weighted by molar-refractivity contribution is 5.80. The Bertz CT molecular complexity index is 494. The van der Waals surface area contributed by atoms with E-state index >= 15 is 0 Å². The van der Waals surface area contributed by atoms with E-state index in [-0.39, 0.29) is 24.0 Å². The van der Waals surface area contributed by atoms with E-state index in [4.69, 9.17) is 9.47 Å². The summed E-state index contributed by atoms with van der Waals surface area (Å²) >= 11 is 0. The Morgan fingerprint density at radius 3 is 2.64 bits per heavy atom. The molecular formula is C18H25NO3. The van der Waals surface area contributed by atoms with Crippen LogP contribution in [0, 0.1) is 12.8 Å². The molecule has 2 heterocycles. The van der Waals surface area contributed by atoms with Crippen molar-refractivity contribution in [2.75, 3.05) is 19.8 Å². The highest BCUT2D eigenvalue weighted by Gasteiger charge is 2.34. The van der Waals surface area contributed by atoms with E-state index in [0.29, 0.717) is 6.61 Å². The van der Waals surface area contributed by atoms with Crippen molar-refractivity contribution in [3.63, 3.8) is 0 Å². The topological polar surface area (TPSA) is 47.6 Å². The van der Waals surface area contributed by atoms with Crippen molar-refractivity contribution in [3.8, 4) is 0 Å². The summed E-state index contributed by atoms with van der Waals surface area (Å²) < 4.78 is 11.4. The zero-order valence-electron chi connectivity index (χ0n) is 13.2. The molecule has 0 aliphatic carbocycles. The van der Waals surface area contributed by atoms with Crippen molar-refractivity contribution in [2.45, 2.75) is 44.8 Å². The van der Waals surface area contributed by atoms with Crippen LogP contribution in [0.2, 0.25) is 0 Å². The van der Waals surface area contributed by atoms with Gasteiger partial charge >= 0.3 is 0 Å². The van der Waals surface area contributed by atoms with Crippen LogP contribution >= 0.6 is 0 Å². The van der Waals surface area contributed by atoms with Gasteiger partial charge in [-0.1, -0.05) is 29.8 Å². The minimum Gasteiger partial charge on any atom is -0.379 e. The molecule has 0 radical (unpaired) electrons. The number of ether oxygens (including phenoxy) is 2. The Labute approximate surface area is 132 Å². The second kappa shape index (κ2) is 7.25. The van der Waals surface area contributed by atoms with E-state index < -0.39 is 0 Å². The second-order valence-electron chi connectivity index (χ2n) is 6.37.